The van der Waals surface area contributed by atoms with Crippen LogP contribution in [0.15, 0.2) is 54.1 Å². The van der Waals surface area contributed by atoms with Crippen LogP contribution >= 0.6 is 0 Å². The van der Waals surface area contributed by atoms with Gasteiger partial charge in [-0.1, -0.05) is 48.0 Å². The van der Waals surface area contributed by atoms with Crippen molar-refractivity contribution in [3.05, 3.63) is 59.7 Å². The highest BCUT2D eigenvalue weighted by molar-refractivity contribution is 5.92. The first-order valence-corrected chi connectivity index (χ1v) is 6.41. The highest BCUT2D eigenvalue weighted by Gasteiger charge is 2.20. The molecular formula is C17H16O. The molecule has 18 heavy (non-hydrogen) atoms. The molecule has 0 radical (unpaired) electrons. The van der Waals surface area contributed by atoms with Gasteiger partial charge in [-0.25, -0.2) is 0 Å². The van der Waals surface area contributed by atoms with E-state index < -0.39 is 0 Å². The van der Waals surface area contributed by atoms with E-state index in [2.05, 4.69) is 42.5 Å². The molecule has 0 N–H and O–H groups in total. The lowest BCUT2D eigenvalue weighted by Crippen LogP contribution is -2.11. The fraction of sp³-hybridized carbons (Fsp3) is 0.235. The summed E-state index contributed by atoms with van der Waals surface area (Å²) in [5.74, 6) is 0.615. The molecule has 1 unspecified atom stereocenters. The lowest BCUT2D eigenvalue weighted by molar-refractivity contribution is -0.115. The minimum Gasteiger partial charge on any atom is -0.295 e. The first-order chi connectivity index (χ1) is 8.72. The summed E-state index contributed by atoms with van der Waals surface area (Å²) >= 11 is 0. The lowest BCUT2D eigenvalue weighted by atomic mass is 9.83. The van der Waals surface area contributed by atoms with Crippen molar-refractivity contribution >= 4 is 16.6 Å². The fourth-order valence-corrected chi connectivity index (χ4v) is 2.79. The average molecular weight is 236 g/mol. The summed E-state index contributed by atoms with van der Waals surface area (Å²) in [6.45, 7) is 2.05. The number of benzene rings is 2. The molecule has 1 aliphatic carbocycles. The zero-order chi connectivity index (χ0) is 12.5. The van der Waals surface area contributed by atoms with Gasteiger partial charge in [0.2, 0.25) is 0 Å². The third-order valence-corrected chi connectivity index (χ3v) is 3.67. The monoisotopic (exact) mass is 236 g/mol. The predicted molar refractivity (Wildman–Crippen MR) is 74.7 cm³/mol. The summed E-state index contributed by atoms with van der Waals surface area (Å²) in [6, 6.07) is 14.9. The van der Waals surface area contributed by atoms with E-state index in [1.165, 1.54) is 21.9 Å². The molecule has 1 nitrogen and oxygen atoms in total. The van der Waals surface area contributed by atoms with Gasteiger partial charge in [-0.15, -0.1) is 0 Å². The first kappa shape index (κ1) is 11.2. The maximum atomic E-state index is 11.6. The van der Waals surface area contributed by atoms with Crippen LogP contribution in [0, 0.1) is 0 Å². The van der Waals surface area contributed by atoms with Crippen molar-refractivity contribution in [2.75, 3.05) is 0 Å². The van der Waals surface area contributed by atoms with Crippen LogP contribution in [-0.2, 0) is 4.79 Å². The first-order valence-electron chi connectivity index (χ1n) is 6.41. The standard InChI is InChI=1S/C17H16O/c1-12-8-16(11-17(18)9-12)15-7-6-13-4-2-3-5-14(13)10-15/h2-7,9-10,16H,8,11H2,1H3. The maximum Gasteiger partial charge on any atom is 0.156 e. The summed E-state index contributed by atoms with van der Waals surface area (Å²) in [5, 5.41) is 2.52. The molecule has 0 spiro atoms. The molecule has 0 heterocycles. The van der Waals surface area contributed by atoms with Gasteiger partial charge in [0, 0.05) is 6.42 Å². The highest BCUT2D eigenvalue weighted by atomic mass is 16.1. The van der Waals surface area contributed by atoms with E-state index in [-0.39, 0.29) is 5.78 Å². The van der Waals surface area contributed by atoms with E-state index in [0.29, 0.717) is 12.3 Å². The predicted octanol–water partition coefficient (Wildman–Crippen LogP) is 4.23. The number of fused-ring (bicyclic) bond motifs is 1. The Balaban J connectivity index is 2.00. The molecule has 0 bridgehead atoms. The number of ketones is 1. The van der Waals surface area contributed by atoms with Gasteiger partial charge in [0.15, 0.2) is 5.78 Å². The van der Waals surface area contributed by atoms with Crippen LogP contribution in [0.1, 0.15) is 31.2 Å². The summed E-state index contributed by atoms with van der Waals surface area (Å²) in [4.78, 5) is 11.6. The second kappa shape index (κ2) is 4.41. The van der Waals surface area contributed by atoms with Gasteiger partial charge in [0.05, 0.1) is 0 Å². The smallest absolute Gasteiger partial charge is 0.156 e. The van der Waals surface area contributed by atoms with Crippen LogP contribution in [0.3, 0.4) is 0 Å². The van der Waals surface area contributed by atoms with E-state index in [0.717, 1.165) is 6.42 Å². The Morgan fingerprint density at radius 1 is 1.00 bits per heavy atom. The van der Waals surface area contributed by atoms with E-state index in [9.17, 15) is 4.79 Å². The SMILES string of the molecule is CC1=CC(=O)CC(c2ccc3ccccc3c2)C1. The third-order valence-electron chi connectivity index (χ3n) is 3.67. The second-order valence-corrected chi connectivity index (χ2v) is 5.17. The van der Waals surface area contributed by atoms with E-state index in [1.807, 2.05) is 6.92 Å². The van der Waals surface area contributed by atoms with Gasteiger partial charge in [-0.2, -0.15) is 0 Å². The van der Waals surface area contributed by atoms with E-state index in [4.69, 9.17) is 0 Å². The third kappa shape index (κ3) is 2.08. The Hall–Kier alpha value is -1.89. The second-order valence-electron chi connectivity index (χ2n) is 5.17. The Morgan fingerprint density at radius 2 is 1.78 bits per heavy atom. The molecule has 1 heteroatoms. The molecule has 2 aromatic rings. The minimum atomic E-state index is 0.261. The quantitative estimate of drug-likeness (QED) is 0.724. The number of carbonyl (C=O) groups excluding carboxylic acids is 1. The van der Waals surface area contributed by atoms with Crippen LogP contribution in [0.4, 0.5) is 0 Å². The van der Waals surface area contributed by atoms with Gasteiger partial charge in [0.1, 0.15) is 0 Å². The van der Waals surface area contributed by atoms with Crippen molar-refractivity contribution in [2.24, 2.45) is 0 Å². The van der Waals surface area contributed by atoms with E-state index >= 15 is 0 Å². The summed E-state index contributed by atoms with van der Waals surface area (Å²) in [6.07, 6.45) is 3.44. The molecule has 0 saturated heterocycles. The van der Waals surface area contributed by atoms with Crippen LogP contribution in [-0.4, -0.2) is 5.78 Å². The molecule has 1 atom stereocenters. The van der Waals surface area contributed by atoms with Crippen molar-refractivity contribution in [1.82, 2.24) is 0 Å². The summed E-state index contributed by atoms with van der Waals surface area (Å²) < 4.78 is 0. The fourth-order valence-electron chi connectivity index (χ4n) is 2.79. The van der Waals surface area contributed by atoms with E-state index in [1.54, 1.807) is 6.08 Å². The van der Waals surface area contributed by atoms with Crippen molar-refractivity contribution in [2.45, 2.75) is 25.7 Å². The van der Waals surface area contributed by atoms with Gasteiger partial charge < -0.3 is 0 Å². The van der Waals surface area contributed by atoms with Crippen LogP contribution in [0.25, 0.3) is 10.8 Å². The zero-order valence-electron chi connectivity index (χ0n) is 10.5. The van der Waals surface area contributed by atoms with Crippen molar-refractivity contribution in [3.8, 4) is 0 Å². The van der Waals surface area contributed by atoms with Crippen LogP contribution < -0.4 is 0 Å². The number of carbonyl (C=O) groups is 1. The molecule has 0 aromatic heterocycles. The van der Waals surface area contributed by atoms with Crippen molar-refractivity contribution in [3.63, 3.8) is 0 Å². The van der Waals surface area contributed by atoms with Crippen molar-refractivity contribution < 1.29 is 4.79 Å². The van der Waals surface area contributed by atoms with Gasteiger partial charge in [-0.05, 0) is 41.7 Å². The number of rotatable bonds is 1. The highest BCUT2D eigenvalue weighted by Crippen LogP contribution is 2.32. The molecule has 0 fully saturated rings. The van der Waals surface area contributed by atoms with Crippen LogP contribution in [0.5, 0.6) is 0 Å². The Kier molecular flexibility index (Phi) is 2.75. The minimum absolute atomic E-state index is 0.261. The normalized spacial score (nSPS) is 19.9. The molecule has 0 saturated carbocycles. The number of hydrogen-bond donors (Lipinski definition) is 0. The molecular weight excluding hydrogens is 220 g/mol. The molecule has 1 aliphatic rings. The Bertz CT molecular complexity index is 637. The number of allylic oxidation sites excluding steroid dienone is 2. The molecule has 0 amide bonds. The van der Waals surface area contributed by atoms with Gasteiger partial charge in [0.25, 0.3) is 0 Å². The lowest BCUT2D eigenvalue weighted by Gasteiger charge is -2.21. The van der Waals surface area contributed by atoms with Crippen LogP contribution in [0.2, 0.25) is 0 Å². The van der Waals surface area contributed by atoms with Crippen molar-refractivity contribution in [1.29, 1.82) is 0 Å². The molecule has 3 rings (SSSR count). The largest absolute Gasteiger partial charge is 0.295 e. The number of hydrogen-bond acceptors (Lipinski definition) is 1. The molecule has 90 valence electrons. The zero-order valence-corrected chi connectivity index (χ0v) is 10.5. The Morgan fingerprint density at radius 3 is 2.56 bits per heavy atom. The van der Waals surface area contributed by atoms with Gasteiger partial charge >= 0.3 is 0 Å². The summed E-state index contributed by atoms with van der Waals surface area (Å²) in [5.41, 5.74) is 2.49. The molecule has 0 aliphatic heterocycles. The Labute approximate surface area is 107 Å². The van der Waals surface area contributed by atoms with Gasteiger partial charge in [-0.3, -0.25) is 4.79 Å². The average Bonchev–Trinajstić information content (AvgIpc) is 2.37. The molecule has 2 aromatic carbocycles. The summed E-state index contributed by atoms with van der Waals surface area (Å²) in [7, 11) is 0. The maximum absolute atomic E-state index is 11.6. The topological polar surface area (TPSA) is 17.1 Å².